The Balaban J connectivity index is 0.00000273. The van der Waals surface area contributed by atoms with E-state index in [-0.39, 0.29) is 37.2 Å². The predicted molar refractivity (Wildman–Crippen MR) is 352 cm³/mol. The second-order valence-electron chi connectivity index (χ2n) is 22.1. The molecule has 12 aromatic rings. The first-order valence-electron chi connectivity index (χ1n) is 28.9. The number of hydrogen-bond donors (Lipinski definition) is 0. The van der Waals surface area contributed by atoms with Crippen molar-refractivity contribution in [1.29, 1.82) is 0 Å². The SMILES string of the molecule is CC1=C(C)[C]([Ti+3])([Si](c2c(-c3ccccc3)cc(-c3ccccc3)cc2-c2ccccc2)(c2c(-c3ccccc3)cc(-c3ccccc3)cc2-c2ccccc2)c2c(-c3ccccc3)cc(-c3ccccc3)cc2-c2ccccc2)C(C)=C1C.[Cl-].[Cl-].[Cl-]. The van der Waals surface area contributed by atoms with Crippen molar-refractivity contribution in [3.05, 3.63) is 332 Å². The summed E-state index contributed by atoms with van der Waals surface area (Å²) < 4.78 is -0.648. The van der Waals surface area contributed by atoms with E-state index in [1.807, 2.05) is 0 Å². The van der Waals surface area contributed by atoms with Gasteiger partial charge in [0.25, 0.3) is 0 Å². The van der Waals surface area contributed by atoms with Gasteiger partial charge < -0.3 is 37.2 Å². The third kappa shape index (κ3) is 10.8. The van der Waals surface area contributed by atoms with Gasteiger partial charge in [0.2, 0.25) is 0 Å². The Morgan fingerprint density at radius 2 is 0.372 bits per heavy atom. The minimum atomic E-state index is -4.18. The molecule has 416 valence electrons. The van der Waals surface area contributed by atoms with Crippen LogP contribution in [0.4, 0.5) is 0 Å². The van der Waals surface area contributed by atoms with Crippen LogP contribution in [-0.4, -0.2) is 8.07 Å². The minimum Gasteiger partial charge on any atom is -1.00 e. The van der Waals surface area contributed by atoms with Crippen molar-refractivity contribution in [1.82, 2.24) is 0 Å². The summed E-state index contributed by atoms with van der Waals surface area (Å²) in [5, 5.41) is 4.13. The first-order chi connectivity index (χ1) is 40.8. The number of rotatable bonds is 13. The van der Waals surface area contributed by atoms with Crippen molar-refractivity contribution in [2.24, 2.45) is 0 Å². The van der Waals surface area contributed by atoms with Gasteiger partial charge in [-0.05, 0) is 0 Å². The zero-order chi connectivity index (χ0) is 56.5. The van der Waals surface area contributed by atoms with E-state index in [4.69, 9.17) is 0 Å². The van der Waals surface area contributed by atoms with Gasteiger partial charge in [-0.2, -0.15) is 0 Å². The number of allylic oxidation sites excluding steroid dienone is 4. The van der Waals surface area contributed by atoms with Crippen LogP contribution in [0, 0.1) is 0 Å². The summed E-state index contributed by atoms with van der Waals surface area (Å²) in [6.07, 6.45) is 0. The van der Waals surface area contributed by atoms with E-state index in [2.05, 4.69) is 358 Å². The average Bonchev–Trinajstić information content (AvgIpc) is 1.13. The molecule has 0 spiro atoms. The zero-order valence-corrected chi connectivity index (χ0v) is 53.4. The Morgan fingerprint density at radius 1 is 0.221 bits per heavy atom. The Bertz CT molecular complexity index is 3750. The van der Waals surface area contributed by atoms with Gasteiger partial charge in [0.1, 0.15) is 0 Å². The van der Waals surface area contributed by atoms with E-state index in [1.54, 1.807) is 0 Å². The molecular weight excluding hydrogens is 1160 g/mol. The molecule has 0 amide bonds. The molecule has 0 heterocycles. The maximum Gasteiger partial charge on any atom is -1.00 e. The van der Waals surface area contributed by atoms with Crippen molar-refractivity contribution in [3.8, 4) is 100 Å². The Kier molecular flexibility index (Phi) is 18.6. The molecule has 0 aliphatic heterocycles. The van der Waals surface area contributed by atoms with Gasteiger partial charge >= 0.3 is 507 Å². The minimum absolute atomic E-state index is 0. The number of halogens is 3. The van der Waals surface area contributed by atoms with Gasteiger partial charge in [-0.1, -0.05) is 0 Å². The molecule has 0 saturated carbocycles. The molecule has 0 atom stereocenters. The summed E-state index contributed by atoms with van der Waals surface area (Å²) in [7, 11) is -4.18. The predicted octanol–water partition coefficient (Wildman–Crippen LogP) is 11.1. The molecule has 12 aromatic carbocycles. The van der Waals surface area contributed by atoms with Crippen LogP contribution in [0.25, 0.3) is 100 Å². The van der Waals surface area contributed by atoms with E-state index in [1.165, 1.54) is 138 Å². The Morgan fingerprint density at radius 3 is 0.535 bits per heavy atom. The van der Waals surface area contributed by atoms with Crippen molar-refractivity contribution >= 4 is 23.6 Å². The molecular formula is C81H63Cl3SiTi. The second-order valence-corrected chi connectivity index (χ2v) is 27.8. The molecule has 13 rings (SSSR count). The van der Waals surface area contributed by atoms with Gasteiger partial charge in [-0.15, -0.1) is 0 Å². The van der Waals surface area contributed by atoms with Crippen LogP contribution in [0.5, 0.6) is 0 Å². The van der Waals surface area contributed by atoms with E-state index in [9.17, 15) is 0 Å². The molecule has 0 radical (unpaired) electrons. The van der Waals surface area contributed by atoms with Crippen molar-refractivity contribution < 1.29 is 57.7 Å². The van der Waals surface area contributed by atoms with Gasteiger partial charge in [0.15, 0.2) is 0 Å². The van der Waals surface area contributed by atoms with Gasteiger partial charge in [0.05, 0.1) is 0 Å². The molecule has 1 aliphatic rings. The van der Waals surface area contributed by atoms with Crippen LogP contribution in [0.1, 0.15) is 27.7 Å². The van der Waals surface area contributed by atoms with E-state index in [0.29, 0.717) is 0 Å². The summed E-state index contributed by atoms with van der Waals surface area (Å²) in [5.41, 5.74) is 27.1. The molecule has 0 unspecified atom stereocenters. The summed E-state index contributed by atoms with van der Waals surface area (Å²) >= 11 is 2.68. The first kappa shape index (κ1) is 61.0. The molecule has 0 nitrogen and oxygen atoms in total. The largest absolute Gasteiger partial charge is 1.00 e. The topological polar surface area (TPSA) is 0 Å². The molecule has 86 heavy (non-hydrogen) atoms. The van der Waals surface area contributed by atoms with Crippen LogP contribution >= 0.6 is 0 Å². The van der Waals surface area contributed by atoms with Crippen LogP contribution in [0.15, 0.2) is 332 Å². The van der Waals surface area contributed by atoms with E-state index in [0.717, 1.165) is 0 Å². The van der Waals surface area contributed by atoms with Crippen molar-refractivity contribution in [2.45, 2.75) is 31.0 Å². The van der Waals surface area contributed by atoms with Gasteiger partial charge in [0, 0.05) is 0 Å². The molecule has 0 fully saturated rings. The maximum atomic E-state index is 2.68. The zero-order valence-electron chi connectivity index (χ0n) is 48.6. The summed E-state index contributed by atoms with van der Waals surface area (Å²) in [6.45, 7) is 9.78. The first-order valence-corrected chi connectivity index (χ1v) is 31.7. The molecule has 0 bridgehead atoms. The Labute approximate surface area is 539 Å². The Hall–Kier alpha value is -8.08. The fourth-order valence-corrected chi connectivity index (χ4v) is 22.9. The van der Waals surface area contributed by atoms with Crippen LogP contribution in [0.3, 0.4) is 0 Å². The molecule has 5 heteroatoms. The fourth-order valence-electron chi connectivity index (χ4n) is 13.5. The van der Waals surface area contributed by atoms with Crippen LogP contribution in [0.2, 0.25) is 3.34 Å². The molecule has 0 N–H and O–H groups in total. The van der Waals surface area contributed by atoms with Crippen molar-refractivity contribution in [2.75, 3.05) is 0 Å². The standard InChI is InChI=1S/C81H63Si.3ClH.Ti/c1-56-57(2)59(4)78(58(56)3)82(79-72(63-38-20-8-21-39-63)50-69(60-32-14-5-15-33-60)51-73(79)64-40-22-9-23-41-64,80-74(65-42-24-10-25-43-65)52-70(61-34-16-6-17-35-61)53-75(80)66-44-26-11-27-45-66)81-76(67-46-28-12-29-47-67)54-71(62-36-18-7-19-37-62)55-77(81)68-48-30-13-31-49-68;;;;/h5-55H,1-4H3;3*1H;/q;;;;+3/p-3. The molecule has 0 aromatic heterocycles. The smallest absolute Gasteiger partial charge is 1.00 e. The summed E-state index contributed by atoms with van der Waals surface area (Å²) in [6, 6.07) is 117. The summed E-state index contributed by atoms with van der Waals surface area (Å²) in [5.74, 6) is 0. The summed E-state index contributed by atoms with van der Waals surface area (Å²) in [4.78, 5) is 0. The normalized spacial score (nSPS) is 12.7. The fraction of sp³-hybridized carbons (Fsp3) is 0.0617. The number of benzene rings is 12. The molecule has 0 saturated heterocycles. The van der Waals surface area contributed by atoms with Gasteiger partial charge in [-0.3, -0.25) is 0 Å². The van der Waals surface area contributed by atoms with Crippen LogP contribution in [-0.2, 0) is 20.4 Å². The maximum absolute atomic E-state index is 4.18. The quantitative estimate of drug-likeness (QED) is 0.0797. The molecule has 1 aliphatic carbocycles. The van der Waals surface area contributed by atoms with Crippen molar-refractivity contribution in [3.63, 3.8) is 0 Å². The monoisotopic (exact) mass is 1220 g/mol. The van der Waals surface area contributed by atoms with E-state index >= 15 is 0 Å². The van der Waals surface area contributed by atoms with Crippen LogP contribution < -0.4 is 52.8 Å². The average molecular weight is 1220 g/mol. The third-order valence-corrected chi connectivity index (χ3v) is 26.4. The van der Waals surface area contributed by atoms with E-state index < -0.39 is 11.4 Å². The third-order valence-electron chi connectivity index (χ3n) is 17.7. The second kappa shape index (κ2) is 26.3. The van der Waals surface area contributed by atoms with Gasteiger partial charge in [-0.25, -0.2) is 0 Å². The number of hydrogen-bond acceptors (Lipinski definition) is 0.